The van der Waals surface area contributed by atoms with E-state index in [4.69, 9.17) is 4.74 Å². The quantitative estimate of drug-likeness (QED) is 0.581. The lowest BCUT2D eigenvalue weighted by Crippen LogP contribution is -2.47. The van der Waals surface area contributed by atoms with E-state index < -0.39 is 11.2 Å². The van der Waals surface area contributed by atoms with Crippen molar-refractivity contribution in [3.8, 4) is 0 Å². The number of aryl methyl sites for hydroxylation is 1. The Labute approximate surface area is 189 Å². The molecule has 3 rings (SSSR count). The highest BCUT2D eigenvalue weighted by molar-refractivity contribution is 8.01. The molecule has 0 aromatic heterocycles. The van der Waals surface area contributed by atoms with Crippen molar-refractivity contribution < 1.29 is 14.3 Å². The summed E-state index contributed by atoms with van der Waals surface area (Å²) in [6.07, 6.45) is 0.940. The summed E-state index contributed by atoms with van der Waals surface area (Å²) in [6.45, 7) is 9.53. The van der Waals surface area contributed by atoms with Gasteiger partial charge in [0.25, 0.3) is 0 Å². The third kappa shape index (κ3) is 6.11. The summed E-state index contributed by atoms with van der Waals surface area (Å²) < 4.78 is 5.52. The van der Waals surface area contributed by atoms with Crippen molar-refractivity contribution in [2.45, 2.75) is 56.9 Å². The van der Waals surface area contributed by atoms with Gasteiger partial charge in [0.2, 0.25) is 11.8 Å². The van der Waals surface area contributed by atoms with Crippen LogP contribution in [0.4, 0.5) is 5.69 Å². The normalized spacial score (nSPS) is 16.9. The van der Waals surface area contributed by atoms with E-state index in [1.54, 1.807) is 0 Å². The Kier molecular flexibility index (Phi) is 8.15. The summed E-state index contributed by atoms with van der Waals surface area (Å²) >= 11 is 1.49. The number of carbonyl (C=O) groups is 2. The minimum absolute atomic E-state index is 0.0185. The molecule has 2 amide bonds. The molecule has 0 aliphatic carbocycles. The van der Waals surface area contributed by atoms with Crippen LogP contribution < -0.4 is 10.2 Å². The molecule has 6 heteroatoms. The molecule has 1 heterocycles. The van der Waals surface area contributed by atoms with Crippen molar-refractivity contribution in [1.82, 2.24) is 5.32 Å². The van der Waals surface area contributed by atoms with Crippen LogP contribution in [0.2, 0.25) is 0 Å². The smallest absolute Gasteiger partial charge is 0.241 e. The number of nitrogens with zero attached hydrogens (tertiary/aromatic N) is 1. The van der Waals surface area contributed by atoms with Crippen LogP contribution in [0.25, 0.3) is 0 Å². The van der Waals surface area contributed by atoms with Gasteiger partial charge in [-0.1, -0.05) is 48.9 Å². The molecule has 0 unspecified atom stereocenters. The molecule has 0 radical (unpaired) electrons. The van der Waals surface area contributed by atoms with Crippen LogP contribution in [0.3, 0.4) is 0 Å². The molecule has 0 bridgehead atoms. The van der Waals surface area contributed by atoms with Gasteiger partial charge in [0.15, 0.2) is 0 Å². The second kappa shape index (κ2) is 10.8. The second-order valence-corrected chi connectivity index (χ2v) is 9.45. The Morgan fingerprint density at radius 2 is 1.84 bits per heavy atom. The lowest BCUT2D eigenvalue weighted by atomic mass is 10.0. The number of benzene rings is 2. The number of anilines is 1. The van der Waals surface area contributed by atoms with Crippen LogP contribution in [0, 0.1) is 12.8 Å². The molecule has 2 atom stereocenters. The molecule has 166 valence electrons. The second-order valence-electron chi connectivity index (χ2n) is 8.27. The maximum absolute atomic E-state index is 13.5. The number of hydrogen-bond donors (Lipinski definition) is 1. The summed E-state index contributed by atoms with van der Waals surface area (Å²) in [7, 11) is 0. The van der Waals surface area contributed by atoms with Crippen LogP contribution in [0.15, 0.2) is 53.4 Å². The van der Waals surface area contributed by atoms with Gasteiger partial charge >= 0.3 is 0 Å². The molecule has 1 aliphatic rings. The highest BCUT2D eigenvalue weighted by Crippen LogP contribution is 2.42. The van der Waals surface area contributed by atoms with Gasteiger partial charge in [0, 0.05) is 18.0 Å². The Morgan fingerprint density at radius 3 is 2.55 bits per heavy atom. The van der Waals surface area contributed by atoms with Crippen molar-refractivity contribution in [2.24, 2.45) is 5.92 Å². The summed E-state index contributed by atoms with van der Waals surface area (Å²) in [6, 6.07) is 16.1. The summed E-state index contributed by atoms with van der Waals surface area (Å²) in [5, 5.41) is 2.51. The first-order chi connectivity index (χ1) is 14.9. The number of rotatable bonds is 9. The maximum atomic E-state index is 13.5. The molecule has 31 heavy (non-hydrogen) atoms. The van der Waals surface area contributed by atoms with Crippen LogP contribution in [0.1, 0.15) is 38.3 Å². The van der Waals surface area contributed by atoms with E-state index in [0.717, 1.165) is 22.6 Å². The van der Waals surface area contributed by atoms with Gasteiger partial charge < -0.3 is 15.0 Å². The summed E-state index contributed by atoms with van der Waals surface area (Å²) in [4.78, 5) is 29.1. The zero-order chi connectivity index (χ0) is 22.4. The molecule has 0 saturated heterocycles. The average Bonchev–Trinajstić information content (AvgIpc) is 2.75. The van der Waals surface area contributed by atoms with E-state index >= 15 is 0 Å². The van der Waals surface area contributed by atoms with E-state index in [0.29, 0.717) is 19.7 Å². The molecular weight excluding hydrogens is 408 g/mol. The van der Waals surface area contributed by atoms with E-state index in [9.17, 15) is 9.59 Å². The first kappa shape index (κ1) is 23.4. The van der Waals surface area contributed by atoms with Crippen molar-refractivity contribution >= 4 is 29.3 Å². The van der Waals surface area contributed by atoms with E-state index in [2.05, 4.69) is 29.6 Å². The number of carbonyl (C=O) groups excluding carboxylic acids is 2. The highest BCUT2D eigenvalue weighted by atomic mass is 32.2. The predicted octanol–water partition coefficient (Wildman–Crippen LogP) is 4.57. The fourth-order valence-corrected chi connectivity index (χ4v) is 4.78. The van der Waals surface area contributed by atoms with Gasteiger partial charge in [-0.25, -0.2) is 0 Å². The number of thioether (sulfide) groups is 1. The van der Waals surface area contributed by atoms with E-state index in [-0.39, 0.29) is 17.9 Å². The summed E-state index contributed by atoms with van der Waals surface area (Å²) in [5.74, 6) is -0.544. The van der Waals surface area contributed by atoms with Gasteiger partial charge in [-0.05, 0) is 44.9 Å². The summed E-state index contributed by atoms with van der Waals surface area (Å²) in [5.41, 5.74) is 3.17. The van der Waals surface area contributed by atoms with Crippen LogP contribution in [-0.2, 0) is 20.9 Å². The van der Waals surface area contributed by atoms with E-state index in [1.165, 1.54) is 17.3 Å². The first-order valence-corrected chi connectivity index (χ1v) is 11.8. The number of fused-ring (bicyclic) bond motifs is 1. The molecule has 1 aliphatic heterocycles. The van der Waals surface area contributed by atoms with Gasteiger partial charge in [-0.3, -0.25) is 9.59 Å². The van der Waals surface area contributed by atoms with Gasteiger partial charge in [-0.15, -0.1) is 11.8 Å². The topological polar surface area (TPSA) is 58.6 Å². The number of para-hydroxylation sites is 1. The molecule has 0 spiro atoms. The zero-order valence-corrected chi connectivity index (χ0v) is 19.6. The fourth-order valence-electron chi connectivity index (χ4n) is 3.50. The molecule has 5 nitrogen and oxygen atoms in total. The molecule has 0 fully saturated rings. The Bertz CT molecular complexity index is 898. The predicted molar refractivity (Wildman–Crippen MR) is 126 cm³/mol. The number of ether oxygens (including phenoxy) is 1. The maximum Gasteiger partial charge on any atom is 0.241 e. The van der Waals surface area contributed by atoms with Gasteiger partial charge in [-0.2, -0.15) is 0 Å². The van der Waals surface area contributed by atoms with Gasteiger partial charge in [0.1, 0.15) is 5.25 Å². The van der Waals surface area contributed by atoms with E-state index in [1.807, 2.05) is 56.9 Å². The minimum atomic E-state index is -0.452. The fraction of sp³-hybridized carbons (Fsp3) is 0.440. The van der Waals surface area contributed by atoms with Crippen molar-refractivity contribution in [3.63, 3.8) is 0 Å². The Morgan fingerprint density at radius 1 is 1.13 bits per heavy atom. The molecule has 2 aromatic rings. The number of amides is 2. The third-order valence-corrected chi connectivity index (χ3v) is 6.78. The van der Waals surface area contributed by atoms with Crippen LogP contribution >= 0.6 is 11.8 Å². The third-order valence-electron chi connectivity index (χ3n) is 5.32. The SMILES string of the molecule is Cc1ccc(CN2C(=O)[C@H]([C@@H](C)C(=O)NCCCOC(C)C)Sc3ccccc32)cc1. The number of nitrogens with one attached hydrogen (secondary N) is 1. The molecule has 1 N–H and O–H groups in total. The highest BCUT2D eigenvalue weighted by Gasteiger charge is 2.39. The van der Waals surface area contributed by atoms with Crippen LogP contribution in [-0.4, -0.2) is 36.3 Å². The van der Waals surface area contributed by atoms with Crippen molar-refractivity contribution in [2.75, 3.05) is 18.1 Å². The number of hydrogen-bond acceptors (Lipinski definition) is 4. The Balaban J connectivity index is 1.70. The zero-order valence-electron chi connectivity index (χ0n) is 18.8. The lowest BCUT2D eigenvalue weighted by molar-refractivity contribution is -0.128. The van der Waals surface area contributed by atoms with Crippen molar-refractivity contribution in [3.05, 3.63) is 59.7 Å². The monoisotopic (exact) mass is 440 g/mol. The average molecular weight is 441 g/mol. The Hall–Kier alpha value is -2.31. The standard InChI is InChI=1S/C25H32N2O3S/c1-17(2)30-15-7-14-26-24(28)19(4)23-25(29)27(16-20-12-10-18(3)11-13-20)21-8-5-6-9-22(21)31-23/h5-6,8-13,17,19,23H,7,14-16H2,1-4H3,(H,26,28)/t19-,23+/m1/s1. The van der Waals surface area contributed by atoms with Gasteiger partial charge in [0.05, 0.1) is 24.3 Å². The first-order valence-electron chi connectivity index (χ1n) is 10.9. The van der Waals surface area contributed by atoms with Crippen LogP contribution in [0.5, 0.6) is 0 Å². The minimum Gasteiger partial charge on any atom is -0.379 e. The van der Waals surface area contributed by atoms with Crippen molar-refractivity contribution in [1.29, 1.82) is 0 Å². The molecule has 2 aromatic carbocycles. The molecular formula is C25H32N2O3S. The largest absolute Gasteiger partial charge is 0.379 e. The lowest BCUT2D eigenvalue weighted by Gasteiger charge is -2.35. The molecule has 0 saturated carbocycles.